The molecule has 1 aromatic carbocycles. The Morgan fingerprint density at radius 3 is 2.79 bits per heavy atom. The van der Waals surface area contributed by atoms with Crippen LogP contribution in [0.5, 0.6) is 0 Å². The molecule has 2 bridgehead atoms. The van der Waals surface area contributed by atoms with Crippen LogP contribution in [0.2, 0.25) is 5.02 Å². The molecule has 33 heavy (non-hydrogen) atoms. The third-order valence-corrected chi connectivity index (χ3v) is 9.72. The first-order chi connectivity index (χ1) is 15.8. The molecule has 7 nitrogen and oxygen atoms in total. The SMILES string of the molecule is CCOC(=O)[C@@H]1[C@@H]2CC(C)C3(S2)C(C(=O)Nc2c(C)cccc2Cl)N(CCCCO)C(=O)[C@H]13. The van der Waals surface area contributed by atoms with E-state index < -0.39 is 22.6 Å². The lowest BCUT2D eigenvalue weighted by atomic mass is 9.66. The summed E-state index contributed by atoms with van der Waals surface area (Å²) in [6, 6.07) is 4.69. The molecule has 2 amide bonds. The highest BCUT2D eigenvalue weighted by molar-refractivity contribution is 8.02. The van der Waals surface area contributed by atoms with Gasteiger partial charge in [-0.3, -0.25) is 14.4 Å². The van der Waals surface area contributed by atoms with Crippen LogP contribution < -0.4 is 5.32 Å². The summed E-state index contributed by atoms with van der Waals surface area (Å²) in [5.41, 5.74) is 1.38. The molecule has 2 N–H and O–H groups in total. The molecule has 0 saturated carbocycles. The summed E-state index contributed by atoms with van der Waals surface area (Å²) in [5.74, 6) is -1.84. The van der Waals surface area contributed by atoms with E-state index in [1.807, 2.05) is 19.1 Å². The summed E-state index contributed by atoms with van der Waals surface area (Å²) >= 11 is 7.99. The van der Waals surface area contributed by atoms with Gasteiger partial charge < -0.3 is 20.1 Å². The van der Waals surface area contributed by atoms with Crippen molar-refractivity contribution in [2.75, 3.05) is 25.1 Å². The molecule has 0 aliphatic carbocycles. The number of aryl methyl sites for hydroxylation is 1. The molecule has 180 valence electrons. The minimum absolute atomic E-state index is 0.0188. The number of fused-ring (bicyclic) bond motifs is 1. The van der Waals surface area contributed by atoms with Crippen molar-refractivity contribution in [3.63, 3.8) is 0 Å². The third-order valence-electron chi connectivity index (χ3n) is 7.33. The Bertz CT molecular complexity index is 939. The number of amides is 2. The van der Waals surface area contributed by atoms with Gasteiger partial charge >= 0.3 is 5.97 Å². The Morgan fingerprint density at radius 2 is 2.12 bits per heavy atom. The van der Waals surface area contributed by atoms with Gasteiger partial charge in [0.15, 0.2) is 0 Å². The first kappa shape index (κ1) is 24.4. The number of unbranched alkanes of at least 4 members (excludes halogenated alkanes) is 1. The van der Waals surface area contributed by atoms with Crippen molar-refractivity contribution >= 4 is 46.8 Å². The first-order valence-electron chi connectivity index (χ1n) is 11.6. The van der Waals surface area contributed by atoms with Crippen molar-refractivity contribution in [2.24, 2.45) is 17.8 Å². The number of thioether (sulfide) groups is 1. The zero-order valence-electron chi connectivity index (χ0n) is 19.2. The molecule has 6 atom stereocenters. The van der Waals surface area contributed by atoms with E-state index in [9.17, 15) is 19.5 Å². The number of carbonyl (C=O) groups is 3. The van der Waals surface area contributed by atoms with Crippen LogP contribution in [0.25, 0.3) is 0 Å². The van der Waals surface area contributed by atoms with E-state index in [0.29, 0.717) is 30.1 Å². The molecule has 1 spiro atoms. The van der Waals surface area contributed by atoms with Crippen molar-refractivity contribution in [3.8, 4) is 0 Å². The Morgan fingerprint density at radius 1 is 1.36 bits per heavy atom. The lowest BCUT2D eigenvalue weighted by Crippen LogP contribution is -2.54. The topological polar surface area (TPSA) is 95.9 Å². The molecule has 9 heteroatoms. The van der Waals surface area contributed by atoms with E-state index in [1.165, 1.54) is 0 Å². The molecule has 3 heterocycles. The molecule has 4 rings (SSSR count). The van der Waals surface area contributed by atoms with E-state index in [0.717, 1.165) is 12.0 Å². The Labute approximate surface area is 203 Å². The molecule has 0 radical (unpaired) electrons. The molecule has 3 unspecified atom stereocenters. The van der Waals surface area contributed by atoms with Gasteiger partial charge in [0.2, 0.25) is 11.8 Å². The van der Waals surface area contributed by atoms with E-state index in [4.69, 9.17) is 16.3 Å². The van der Waals surface area contributed by atoms with Crippen LogP contribution in [0.1, 0.15) is 38.7 Å². The van der Waals surface area contributed by atoms with Gasteiger partial charge in [-0.1, -0.05) is 30.7 Å². The van der Waals surface area contributed by atoms with E-state index >= 15 is 0 Å². The fourth-order valence-corrected chi connectivity index (χ4v) is 8.62. The number of benzene rings is 1. The molecule has 3 aliphatic heterocycles. The Hall–Kier alpha value is -1.77. The number of para-hydroxylation sites is 1. The maximum Gasteiger partial charge on any atom is 0.310 e. The highest BCUT2D eigenvalue weighted by Gasteiger charge is 2.76. The maximum absolute atomic E-state index is 13.8. The van der Waals surface area contributed by atoms with E-state index in [2.05, 4.69) is 12.2 Å². The number of anilines is 1. The summed E-state index contributed by atoms with van der Waals surface area (Å²) < 4.78 is 4.65. The lowest BCUT2D eigenvalue weighted by Gasteiger charge is -2.38. The monoisotopic (exact) mass is 494 g/mol. The molecule has 1 aromatic rings. The number of carbonyl (C=O) groups excluding carboxylic acids is 3. The van der Waals surface area contributed by atoms with E-state index in [1.54, 1.807) is 29.7 Å². The number of aliphatic hydroxyl groups is 1. The number of ether oxygens (including phenoxy) is 1. The van der Waals surface area contributed by atoms with Crippen molar-refractivity contribution in [3.05, 3.63) is 28.8 Å². The second kappa shape index (κ2) is 9.47. The molecule has 3 fully saturated rings. The van der Waals surface area contributed by atoms with Crippen molar-refractivity contribution in [2.45, 2.75) is 56.1 Å². The fraction of sp³-hybridized carbons (Fsp3) is 0.625. The van der Waals surface area contributed by atoms with Gasteiger partial charge in [-0.05, 0) is 50.7 Å². The second-order valence-electron chi connectivity index (χ2n) is 9.19. The van der Waals surface area contributed by atoms with Crippen molar-refractivity contribution in [1.29, 1.82) is 0 Å². The highest BCUT2D eigenvalue weighted by Crippen LogP contribution is 2.68. The number of hydrogen-bond donors (Lipinski definition) is 2. The number of halogens is 1. The highest BCUT2D eigenvalue weighted by atomic mass is 35.5. The normalized spacial score (nSPS) is 32.2. The smallest absolute Gasteiger partial charge is 0.310 e. The number of nitrogens with one attached hydrogen (secondary N) is 1. The van der Waals surface area contributed by atoms with Gasteiger partial charge in [-0.2, -0.15) is 0 Å². The molecular formula is C24H31ClN2O5S. The number of aliphatic hydroxyl groups excluding tert-OH is 1. The van der Waals surface area contributed by atoms with E-state index in [-0.39, 0.29) is 42.2 Å². The predicted molar refractivity (Wildman–Crippen MR) is 128 cm³/mol. The number of hydrogen-bond acceptors (Lipinski definition) is 6. The number of likely N-dealkylation sites (tertiary alicyclic amines) is 1. The quantitative estimate of drug-likeness (QED) is 0.425. The Kier molecular flexibility index (Phi) is 6.99. The van der Waals surface area contributed by atoms with Crippen molar-refractivity contribution in [1.82, 2.24) is 4.90 Å². The fourth-order valence-electron chi connectivity index (χ4n) is 5.94. The van der Waals surface area contributed by atoms with Crippen LogP contribution in [-0.4, -0.2) is 63.6 Å². The average Bonchev–Trinajstić information content (AvgIpc) is 3.35. The van der Waals surface area contributed by atoms with Gasteiger partial charge in [0.25, 0.3) is 0 Å². The maximum atomic E-state index is 13.8. The van der Waals surface area contributed by atoms with Crippen LogP contribution >= 0.6 is 23.4 Å². The Balaban J connectivity index is 1.73. The van der Waals surface area contributed by atoms with Gasteiger partial charge in [-0.15, -0.1) is 11.8 Å². The molecular weight excluding hydrogens is 464 g/mol. The minimum atomic E-state index is -0.728. The standard InChI is InChI=1S/C24H31ClN2O5S/c1-4-32-23(31)17-16-12-14(3)24(33-16)18(17)22(30)27(10-5-6-11-28)20(24)21(29)26-19-13(2)8-7-9-15(19)25/h7-9,14,16-18,20,28H,4-6,10-12H2,1-3H3,(H,26,29)/t14?,16-,17+,18-,20?,24?/m0/s1. The summed E-state index contributed by atoms with van der Waals surface area (Å²) in [7, 11) is 0. The average molecular weight is 495 g/mol. The number of esters is 1. The van der Waals surface area contributed by atoms with Gasteiger partial charge in [-0.25, -0.2) is 0 Å². The number of nitrogens with zero attached hydrogens (tertiary/aromatic N) is 1. The summed E-state index contributed by atoms with van der Waals surface area (Å²) in [5, 5.41) is 12.7. The largest absolute Gasteiger partial charge is 0.466 e. The summed E-state index contributed by atoms with van der Waals surface area (Å²) in [6.07, 6.45) is 1.87. The molecule has 0 aromatic heterocycles. The zero-order valence-corrected chi connectivity index (χ0v) is 20.7. The predicted octanol–water partition coefficient (Wildman–Crippen LogP) is 3.26. The van der Waals surface area contributed by atoms with Crippen molar-refractivity contribution < 1.29 is 24.2 Å². The summed E-state index contributed by atoms with van der Waals surface area (Å²) in [4.78, 5) is 42.1. The van der Waals surface area contributed by atoms with Crippen LogP contribution in [0.15, 0.2) is 18.2 Å². The lowest BCUT2D eigenvalue weighted by molar-refractivity contribution is -0.154. The molecule has 3 aliphatic rings. The first-order valence-corrected chi connectivity index (χ1v) is 12.8. The van der Waals surface area contributed by atoms with Gasteiger partial charge in [0.1, 0.15) is 6.04 Å². The van der Waals surface area contributed by atoms with Crippen LogP contribution in [-0.2, 0) is 19.1 Å². The van der Waals surface area contributed by atoms with Crippen LogP contribution in [0, 0.1) is 24.7 Å². The molecule has 3 saturated heterocycles. The van der Waals surface area contributed by atoms with Crippen LogP contribution in [0.3, 0.4) is 0 Å². The second-order valence-corrected chi connectivity index (χ2v) is 11.1. The zero-order chi connectivity index (χ0) is 23.9. The summed E-state index contributed by atoms with van der Waals surface area (Å²) in [6.45, 7) is 6.34. The minimum Gasteiger partial charge on any atom is -0.466 e. The van der Waals surface area contributed by atoms with Gasteiger partial charge in [0.05, 0.1) is 33.9 Å². The van der Waals surface area contributed by atoms with Gasteiger partial charge in [0, 0.05) is 18.4 Å². The number of rotatable bonds is 8. The van der Waals surface area contributed by atoms with Crippen LogP contribution in [0.4, 0.5) is 5.69 Å². The third kappa shape index (κ3) is 3.84.